The van der Waals surface area contributed by atoms with Crippen LogP contribution in [0.1, 0.15) is 11.1 Å². The van der Waals surface area contributed by atoms with E-state index in [9.17, 15) is 14.5 Å². The summed E-state index contributed by atoms with van der Waals surface area (Å²) < 4.78 is 13.4. The van der Waals surface area contributed by atoms with E-state index < -0.39 is 16.4 Å². The maximum absolute atomic E-state index is 13.4. The summed E-state index contributed by atoms with van der Waals surface area (Å²) >= 11 is 1.57. The summed E-state index contributed by atoms with van der Waals surface area (Å²) in [5.74, 6) is -0.204. The topological polar surface area (TPSA) is 43.1 Å². The number of nitro benzene ring substituents is 1. The summed E-state index contributed by atoms with van der Waals surface area (Å²) in [5.41, 5.74) is 1.43. The lowest BCUT2D eigenvalue weighted by molar-refractivity contribution is -0.387. The molecular weight excluding hydrogens is 265 g/mol. The van der Waals surface area contributed by atoms with Crippen molar-refractivity contribution in [3.8, 4) is 0 Å². The largest absolute Gasteiger partial charge is 0.304 e. The molecule has 0 N–H and O–H groups in total. The molecule has 3 nitrogen and oxygen atoms in total. The van der Waals surface area contributed by atoms with Gasteiger partial charge in [-0.1, -0.05) is 23.8 Å². The summed E-state index contributed by atoms with van der Waals surface area (Å²) in [4.78, 5) is 10.9. The van der Waals surface area contributed by atoms with Gasteiger partial charge < -0.3 is 0 Å². The minimum Gasteiger partial charge on any atom is -0.258 e. The second-order valence-electron chi connectivity index (χ2n) is 4.14. The quantitative estimate of drug-likeness (QED) is 0.474. The summed E-state index contributed by atoms with van der Waals surface area (Å²) in [6, 6.07) is 12.0. The first-order valence-corrected chi connectivity index (χ1v) is 6.67. The molecule has 0 radical (unpaired) electrons. The average Bonchev–Trinajstić information content (AvgIpc) is 2.37. The van der Waals surface area contributed by atoms with Crippen LogP contribution in [0.5, 0.6) is 0 Å². The molecule has 0 unspecified atom stereocenters. The van der Waals surface area contributed by atoms with Crippen LogP contribution in [0.2, 0.25) is 0 Å². The van der Waals surface area contributed by atoms with Gasteiger partial charge in [0.05, 0.1) is 4.92 Å². The fourth-order valence-corrected chi connectivity index (χ4v) is 2.43. The van der Waals surface area contributed by atoms with Crippen LogP contribution >= 0.6 is 11.8 Å². The second kappa shape index (κ2) is 5.84. The summed E-state index contributed by atoms with van der Waals surface area (Å²) in [6.07, 6.45) is 0. The summed E-state index contributed by atoms with van der Waals surface area (Å²) in [7, 11) is 0. The van der Waals surface area contributed by atoms with Crippen molar-refractivity contribution in [1.29, 1.82) is 0 Å². The van der Waals surface area contributed by atoms with E-state index in [0.717, 1.165) is 10.5 Å². The van der Waals surface area contributed by atoms with Crippen molar-refractivity contribution in [3.05, 3.63) is 69.5 Å². The molecule has 0 aliphatic carbocycles. The Labute approximate surface area is 114 Å². The van der Waals surface area contributed by atoms with Crippen molar-refractivity contribution < 1.29 is 9.31 Å². The number of thioether (sulfide) groups is 1. The highest BCUT2D eigenvalue weighted by Crippen LogP contribution is 2.25. The fraction of sp³-hybridized carbons (Fsp3) is 0.143. The van der Waals surface area contributed by atoms with E-state index in [-0.39, 0.29) is 0 Å². The van der Waals surface area contributed by atoms with Gasteiger partial charge in [0.2, 0.25) is 5.82 Å². The van der Waals surface area contributed by atoms with Gasteiger partial charge in [0.25, 0.3) is 0 Å². The molecule has 0 spiro atoms. The Morgan fingerprint density at radius 2 is 1.89 bits per heavy atom. The van der Waals surface area contributed by atoms with Crippen molar-refractivity contribution in [3.63, 3.8) is 0 Å². The van der Waals surface area contributed by atoms with Crippen molar-refractivity contribution in [2.24, 2.45) is 0 Å². The second-order valence-corrected chi connectivity index (χ2v) is 5.19. The monoisotopic (exact) mass is 277 g/mol. The van der Waals surface area contributed by atoms with Crippen molar-refractivity contribution in [1.82, 2.24) is 0 Å². The third-order valence-corrected chi connectivity index (χ3v) is 3.72. The highest BCUT2D eigenvalue weighted by molar-refractivity contribution is 7.98. The van der Waals surface area contributed by atoms with Crippen molar-refractivity contribution >= 4 is 17.4 Å². The third-order valence-electron chi connectivity index (χ3n) is 2.64. The van der Waals surface area contributed by atoms with Crippen LogP contribution in [-0.4, -0.2) is 4.92 Å². The molecule has 98 valence electrons. The predicted octanol–water partition coefficient (Wildman–Crippen LogP) is 4.33. The van der Waals surface area contributed by atoms with Gasteiger partial charge in [0, 0.05) is 16.7 Å². The zero-order chi connectivity index (χ0) is 13.8. The number of hydrogen-bond acceptors (Lipinski definition) is 3. The van der Waals surface area contributed by atoms with Gasteiger partial charge in [-0.15, -0.1) is 11.8 Å². The van der Waals surface area contributed by atoms with Crippen LogP contribution in [-0.2, 0) is 5.75 Å². The molecule has 0 aliphatic rings. The molecule has 0 heterocycles. The molecule has 2 rings (SSSR count). The van der Waals surface area contributed by atoms with E-state index in [1.54, 1.807) is 17.8 Å². The number of nitro groups is 1. The normalized spacial score (nSPS) is 10.4. The molecule has 0 saturated carbocycles. The minimum atomic E-state index is -0.785. The molecule has 0 bridgehead atoms. The van der Waals surface area contributed by atoms with Gasteiger partial charge in [-0.05, 0) is 30.7 Å². The standard InChI is InChI=1S/C14H12FNO2S/c1-10-2-5-12(6-3-10)19-9-11-4-7-14(16(17)18)13(15)8-11/h2-8H,9H2,1H3. The molecule has 0 atom stereocenters. The lowest BCUT2D eigenvalue weighted by Crippen LogP contribution is -1.93. The lowest BCUT2D eigenvalue weighted by atomic mass is 10.2. The number of halogens is 1. The summed E-state index contributed by atoms with van der Waals surface area (Å²) in [5, 5.41) is 10.5. The van der Waals surface area contributed by atoms with Gasteiger partial charge in [0.15, 0.2) is 0 Å². The molecule has 2 aromatic rings. The van der Waals surface area contributed by atoms with E-state index in [1.807, 2.05) is 31.2 Å². The molecule has 2 aromatic carbocycles. The van der Waals surface area contributed by atoms with Gasteiger partial charge in [-0.2, -0.15) is 4.39 Å². The summed E-state index contributed by atoms with van der Waals surface area (Å²) in [6.45, 7) is 2.01. The smallest absolute Gasteiger partial charge is 0.258 e. The van der Waals surface area contributed by atoms with Gasteiger partial charge >= 0.3 is 5.69 Å². The molecular formula is C14H12FNO2S. The SMILES string of the molecule is Cc1ccc(SCc2ccc([N+](=O)[O-])c(F)c2)cc1. The van der Waals surface area contributed by atoms with E-state index in [1.165, 1.54) is 17.7 Å². The number of hydrogen-bond donors (Lipinski definition) is 0. The molecule has 0 saturated heterocycles. The zero-order valence-corrected chi connectivity index (χ0v) is 11.1. The molecule has 19 heavy (non-hydrogen) atoms. The molecule has 0 aromatic heterocycles. The van der Waals surface area contributed by atoms with Gasteiger partial charge in [-0.25, -0.2) is 0 Å². The Bertz CT molecular complexity index is 599. The van der Waals surface area contributed by atoms with Crippen LogP contribution < -0.4 is 0 Å². The number of rotatable bonds is 4. The van der Waals surface area contributed by atoms with Crippen LogP contribution in [0, 0.1) is 22.9 Å². The maximum Gasteiger partial charge on any atom is 0.304 e. The number of benzene rings is 2. The van der Waals surface area contributed by atoms with E-state index in [0.29, 0.717) is 5.75 Å². The van der Waals surface area contributed by atoms with Crippen LogP contribution in [0.15, 0.2) is 47.4 Å². The number of aryl methyl sites for hydroxylation is 1. The highest BCUT2D eigenvalue weighted by atomic mass is 32.2. The Morgan fingerprint density at radius 1 is 1.21 bits per heavy atom. The molecule has 0 fully saturated rings. The van der Waals surface area contributed by atoms with E-state index in [2.05, 4.69) is 0 Å². The fourth-order valence-electron chi connectivity index (χ4n) is 1.59. The lowest BCUT2D eigenvalue weighted by Gasteiger charge is -2.03. The van der Waals surface area contributed by atoms with Crippen molar-refractivity contribution in [2.75, 3.05) is 0 Å². The van der Waals surface area contributed by atoms with E-state index >= 15 is 0 Å². The molecule has 5 heteroatoms. The first-order valence-electron chi connectivity index (χ1n) is 5.68. The van der Waals surface area contributed by atoms with E-state index in [4.69, 9.17) is 0 Å². The molecule has 0 aliphatic heterocycles. The highest BCUT2D eigenvalue weighted by Gasteiger charge is 2.13. The van der Waals surface area contributed by atoms with Crippen LogP contribution in [0.4, 0.5) is 10.1 Å². The molecule has 0 amide bonds. The van der Waals surface area contributed by atoms with Crippen molar-refractivity contribution in [2.45, 2.75) is 17.6 Å². The Hall–Kier alpha value is -1.88. The number of nitrogens with zero attached hydrogens (tertiary/aromatic N) is 1. The third kappa shape index (κ3) is 3.54. The average molecular weight is 277 g/mol. The Kier molecular flexibility index (Phi) is 4.16. The minimum absolute atomic E-state index is 0.482. The maximum atomic E-state index is 13.4. The van der Waals surface area contributed by atoms with Gasteiger partial charge in [-0.3, -0.25) is 10.1 Å². The first kappa shape index (κ1) is 13.5. The van der Waals surface area contributed by atoms with Crippen LogP contribution in [0.25, 0.3) is 0 Å². The zero-order valence-electron chi connectivity index (χ0n) is 10.3. The van der Waals surface area contributed by atoms with Gasteiger partial charge in [0.1, 0.15) is 0 Å². The Balaban J connectivity index is 2.06. The van der Waals surface area contributed by atoms with Crippen LogP contribution in [0.3, 0.4) is 0 Å². The predicted molar refractivity (Wildman–Crippen MR) is 73.8 cm³/mol. The first-order chi connectivity index (χ1) is 9.06. The Morgan fingerprint density at radius 3 is 2.47 bits per heavy atom.